The van der Waals surface area contributed by atoms with Crippen LogP contribution in [0.15, 0.2) is 10.8 Å². The number of aromatic nitrogens is 1. The maximum atomic E-state index is 13.4. The molecule has 0 aromatic carbocycles. The number of carbonyl (C=O) groups is 3. The zero-order chi connectivity index (χ0) is 18.6. The number of nitrogens with zero attached hydrogens (tertiary/aromatic N) is 2. The van der Waals surface area contributed by atoms with E-state index >= 15 is 0 Å². The highest BCUT2D eigenvalue weighted by atomic mass is 79.9. The van der Waals surface area contributed by atoms with Gasteiger partial charge in [0, 0.05) is 31.6 Å². The summed E-state index contributed by atoms with van der Waals surface area (Å²) in [5, 5.41) is 2.53. The molecular weight excluding hydrogens is 400 g/mol. The average Bonchev–Trinajstić information content (AvgIpc) is 2.93. The molecule has 1 saturated carbocycles. The molecule has 2 fully saturated rings. The molecule has 9 heteroatoms. The standard InChI is InChI=1S/C16H18BrF2N3O3/c1-9-10(7-21(2)12(9)17)11(23)8-22-13(24)15(20-14(22)25)3-5-16(18,19)6-4-15/h7H,3-6,8H2,1-2H3,(H,20,25). The number of carbonyl (C=O) groups excluding carboxylic acids is 3. The van der Waals surface area contributed by atoms with Gasteiger partial charge in [0.15, 0.2) is 5.78 Å². The zero-order valence-corrected chi connectivity index (χ0v) is 15.5. The van der Waals surface area contributed by atoms with Gasteiger partial charge in [0.05, 0.1) is 11.1 Å². The van der Waals surface area contributed by atoms with E-state index in [-0.39, 0.29) is 18.6 Å². The molecule has 3 rings (SSSR count). The van der Waals surface area contributed by atoms with Gasteiger partial charge in [0.2, 0.25) is 5.92 Å². The maximum absolute atomic E-state index is 13.4. The second-order valence-electron chi connectivity index (χ2n) is 6.75. The SMILES string of the molecule is Cc1c(C(=O)CN2C(=O)NC3(CCC(F)(F)CC3)C2=O)cn(C)c1Br. The lowest BCUT2D eigenvalue weighted by Gasteiger charge is -2.34. The topological polar surface area (TPSA) is 71.4 Å². The molecule has 2 heterocycles. The van der Waals surface area contributed by atoms with Crippen molar-refractivity contribution in [3.05, 3.63) is 21.9 Å². The number of alkyl halides is 2. The van der Waals surface area contributed by atoms with E-state index in [1.807, 2.05) is 0 Å². The van der Waals surface area contributed by atoms with Gasteiger partial charge in [0.25, 0.3) is 5.91 Å². The van der Waals surface area contributed by atoms with Crippen molar-refractivity contribution in [1.29, 1.82) is 0 Å². The van der Waals surface area contributed by atoms with Crippen LogP contribution in [-0.4, -0.2) is 45.2 Å². The molecule has 1 spiro atoms. The van der Waals surface area contributed by atoms with Crippen molar-refractivity contribution in [2.24, 2.45) is 7.05 Å². The largest absolute Gasteiger partial charge is 0.344 e. The lowest BCUT2D eigenvalue weighted by molar-refractivity contribution is -0.135. The molecule has 25 heavy (non-hydrogen) atoms. The molecule has 3 amide bonds. The number of ketones is 1. The minimum Gasteiger partial charge on any atom is -0.344 e. The van der Waals surface area contributed by atoms with Crippen molar-refractivity contribution in [2.45, 2.75) is 44.1 Å². The van der Waals surface area contributed by atoms with Crippen molar-refractivity contribution >= 4 is 33.7 Å². The van der Waals surface area contributed by atoms with E-state index in [2.05, 4.69) is 21.2 Å². The highest BCUT2D eigenvalue weighted by Crippen LogP contribution is 2.41. The Labute approximate surface area is 151 Å². The molecule has 1 aliphatic carbocycles. The first-order valence-corrected chi connectivity index (χ1v) is 8.72. The summed E-state index contributed by atoms with van der Waals surface area (Å²) in [6, 6.07) is -0.698. The third-order valence-corrected chi connectivity index (χ3v) is 6.18. The Hall–Kier alpha value is -1.77. The lowest BCUT2D eigenvalue weighted by atomic mass is 9.80. The van der Waals surface area contributed by atoms with Gasteiger partial charge < -0.3 is 9.88 Å². The van der Waals surface area contributed by atoms with Crippen molar-refractivity contribution < 1.29 is 23.2 Å². The smallest absolute Gasteiger partial charge is 0.325 e. The van der Waals surface area contributed by atoms with Crippen LogP contribution in [0.25, 0.3) is 0 Å². The lowest BCUT2D eigenvalue weighted by Crippen LogP contribution is -2.51. The van der Waals surface area contributed by atoms with E-state index in [0.29, 0.717) is 11.1 Å². The first kappa shape index (κ1) is 18.0. The molecular formula is C16H18BrF2N3O3. The number of hydrogen-bond donors (Lipinski definition) is 1. The average molecular weight is 418 g/mol. The van der Waals surface area contributed by atoms with E-state index < -0.39 is 42.8 Å². The zero-order valence-electron chi connectivity index (χ0n) is 13.9. The summed E-state index contributed by atoms with van der Waals surface area (Å²) in [5.74, 6) is -3.78. The van der Waals surface area contributed by atoms with Crippen LogP contribution >= 0.6 is 15.9 Å². The molecule has 1 aromatic rings. The number of halogens is 3. The predicted molar refractivity (Wildman–Crippen MR) is 88.6 cm³/mol. The molecule has 136 valence electrons. The Kier molecular flexibility index (Phi) is 4.25. The second kappa shape index (κ2) is 5.89. The number of rotatable bonds is 3. The molecule has 1 saturated heterocycles. The van der Waals surface area contributed by atoms with Gasteiger partial charge >= 0.3 is 6.03 Å². The Balaban J connectivity index is 1.77. The fraction of sp³-hybridized carbons (Fsp3) is 0.562. The molecule has 1 N–H and O–H groups in total. The summed E-state index contributed by atoms with van der Waals surface area (Å²) < 4.78 is 29.2. The summed E-state index contributed by atoms with van der Waals surface area (Å²) in [5.41, 5.74) is -0.177. The molecule has 1 aliphatic heterocycles. The third kappa shape index (κ3) is 2.98. The van der Waals surface area contributed by atoms with Gasteiger partial charge in [-0.05, 0) is 41.3 Å². The fourth-order valence-corrected chi connectivity index (χ4v) is 3.75. The number of imide groups is 1. The number of hydrogen-bond acceptors (Lipinski definition) is 3. The molecule has 0 bridgehead atoms. The van der Waals surface area contributed by atoms with Gasteiger partial charge in [-0.1, -0.05) is 0 Å². The van der Waals surface area contributed by atoms with Crippen LogP contribution in [-0.2, 0) is 11.8 Å². The highest BCUT2D eigenvalue weighted by molar-refractivity contribution is 9.10. The van der Waals surface area contributed by atoms with Crippen LogP contribution in [0.3, 0.4) is 0 Å². The quantitative estimate of drug-likeness (QED) is 0.606. The Morgan fingerprint density at radius 1 is 1.28 bits per heavy atom. The van der Waals surface area contributed by atoms with Crippen LogP contribution in [0.5, 0.6) is 0 Å². The van der Waals surface area contributed by atoms with E-state index in [1.54, 1.807) is 24.7 Å². The van der Waals surface area contributed by atoms with Gasteiger partial charge in [-0.25, -0.2) is 13.6 Å². The van der Waals surface area contributed by atoms with E-state index in [1.165, 1.54) is 0 Å². The van der Waals surface area contributed by atoms with E-state index in [4.69, 9.17) is 0 Å². The summed E-state index contributed by atoms with van der Waals surface area (Å²) in [6.45, 7) is 1.36. The number of amides is 3. The number of urea groups is 1. The van der Waals surface area contributed by atoms with Crippen LogP contribution < -0.4 is 5.32 Å². The van der Waals surface area contributed by atoms with E-state index in [9.17, 15) is 23.2 Å². The van der Waals surface area contributed by atoms with Crippen LogP contribution in [0, 0.1) is 6.92 Å². The Morgan fingerprint density at radius 3 is 2.40 bits per heavy atom. The van der Waals surface area contributed by atoms with Gasteiger partial charge in [-0.2, -0.15) is 0 Å². The Morgan fingerprint density at radius 2 is 1.88 bits per heavy atom. The molecule has 2 aliphatic rings. The molecule has 0 atom stereocenters. The predicted octanol–water partition coefficient (Wildman–Crippen LogP) is 2.78. The molecule has 0 unspecified atom stereocenters. The van der Waals surface area contributed by atoms with Crippen LogP contribution in [0.4, 0.5) is 13.6 Å². The molecule has 6 nitrogen and oxygen atoms in total. The number of nitrogens with one attached hydrogen (secondary N) is 1. The Bertz CT molecular complexity index is 765. The fourth-order valence-electron chi connectivity index (χ4n) is 3.43. The monoisotopic (exact) mass is 417 g/mol. The maximum Gasteiger partial charge on any atom is 0.325 e. The first-order valence-electron chi connectivity index (χ1n) is 7.93. The van der Waals surface area contributed by atoms with Crippen LogP contribution in [0.1, 0.15) is 41.6 Å². The van der Waals surface area contributed by atoms with Gasteiger partial charge in [0.1, 0.15) is 5.54 Å². The minimum atomic E-state index is -2.81. The van der Waals surface area contributed by atoms with Crippen molar-refractivity contribution in [3.8, 4) is 0 Å². The summed E-state index contributed by atoms with van der Waals surface area (Å²) in [4.78, 5) is 38.2. The van der Waals surface area contributed by atoms with Crippen LogP contribution in [0.2, 0.25) is 0 Å². The summed E-state index contributed by atoms with van der Waals surface area (Å²) >= 11 is 3.35. The normalized spacial score (nSPS) is 21.7. The number of Topliss-reactive ketones (excluding diaryl/α,β-unsaturated/α-hetero) is 1. The first-order chi connectivity index (χ1) is 11.6. The van der Waals surface area contributed by atoms with Crippen molar-refractivity contribution in [3.63, 3.8) is 0 Å². The summed E-state index contributed by atoms with van der Waals surface area (Å²) in [7, 11) is 1.76. The van der Waals surface area contributed by atoms with E-state index in [0.717, 1.165) is 9.50 Å². The minimum absolute atomic E-state index is 0.120. The van der Waals surface area contributed by atoms with Crippen molar-refractivity contribution in [2.75, 3.05) is 6.54 Å². The second-order valence-corrected chi connectivity index (χ2v) is 7.50. The molecule has 0 radical (unpaired) electrons. The summed E-state index contributed by atoms with van der Waals surface area (Å²) in [6.07, 6.45) is 0.477. The van der Waals surface area contributed by atoms with Crippen molar-refractivity contribution in [1.82, 2.24) is 14.8 Å². The highest BCUT2D eigenvalue weighted by Gasteiger charge is 2.55. The van der Waals surface area contributed by atoms with Gasteiger partial charge in [-0.3, -0.25) is 14.5 Å². The molecule has 1 aromatic heterocycles. The van der Waals surface area contributed by atoms with Gasteiger partial charge in [-0.15, -0.1) is 0 Å². The third-order valence-electron chi connectivity index (χ3n) is 5.03. The number of aryl methyl sites for hydroxylation is 1.